The van der Waals surface area contributed by atoms with Gasteiger partial charge in [0.15, 0.2) is 0 Å². The van der Waals surface area contributed by atoms with Crippen molar-refractivity contribution in [3.8, 4) is 11.8 Å². The summed E-state index contributed by atoms with van der Waals surface area (Å²) in [7, 11) is 0. The highest BCUT2D eigenvalue weighted by Crippen LogP contribution is 2.26. The minimum Gasteiger partial charge on any atom is -0.251 e. The van der Waals surface area contributed by atoms with Gasteiger partial charge < -0.3 is 0 Å². The molecule has 0 heterocycles. The van der Waals surface area contributed by atoms with Crippen molar-refractivity contribution >= 4 is 0 Å². The lowest BCUT2D eigenvalue weighted by Gasteiger charge is -2.06. The van der Waals surface area contributed by atoms with E-state index in [2.05, 4.69) is 18.8 Å². The van der Waals surface area contributed by atoms with Gasteiger partial charge in [-0.15, -0.1) is 0 Å². The van der Waals surface area contributed by atoms with Gasteiger partial charge in [-0.25, -0.2) is 0 Å². The van der Waals surface area contributed by atoms with E-state index < -0.39 is 0 Å². The van der Waals surface area contributed by atoms with Crippen LogP contribution in [0.1, 0.15) is 52.4 Å². The molecule has 0 saturated heterocycles. The molecule has 0 nitrogen and oxygen atoms in total. The summed E-state index contributed by atoms with van der Waals surface area (Å²) < 4.78 is 12.1. The molecule has 1 heteroatoms. The minimum atomic E-state index is -0.239. The van der Waals surface area contributed by atoms with E-state index in [4.69, 9.17) is 0 Å². The third-order valence-corrected chi connectivity index (χ3v) is 3.33. The van der Waals surface area contributed by atoms with Crippen molar-refractivity contribution in [3.63, 3.8) is 0 Å². The topological polar surface area (TPSA) is 0 Å². The van der Waals surface area contributed by atoms with Crippen LogP contribution in [0, 0.1) is 29.6 Å². The van der Waals surface area contributed by atoms with Gasteiger partial charge in [0.25, 0.3) is 0 Å². The zero-order chi connectivity index (χ0) is 11.1. The Morgan fingerprint density at radius 1 is 1.27 bits per heavy atom. The molecule has 0 aromatic heterocycles. The van der Waals surface area contributed by atoms with Crippen molar-refractivity contribution in [3.05, 3.63) is 0 Å². The molecule has 3 atom stereocenters. The van der Waals surface area contributed by atoms with Crippen molar-refractivity contribution in [1.29, 1.82) is 0 Å². The van der Waals surface area contributed by atoms with Gasteiger partial charge in [0.05, 0.1) is 6.67 Å². The number of hydrogen-bond donors (Lipinski definition) is 0. The Morgan fingerprint density at radius 3 is 2.80 bits per heavy atom. The third kappa shape index (κ3) is 5.21. The fourth-order valence-electron chi connectivity index (χ4n) is 2.13. The van der Waals surface area contributed by atoms with Gasteiger partial charge in [0, 0.05) is 11.8 Å². The van der Waals surface area contributed by atoms with Crippen LogP contribution in [-0.4, -0.2) is 6.67 Å². The van der Waals surface area contributed by atoms with E-state index in [0.29, 0.717) is 12.3 Å². The van der Waals surface area contributed by atoms with E-state index in [1.54, 1.807) is 0 Å². The number of rotatable bonds is 2. The largest absolute Gasteiger partial charge is 0.251 e. The van der Waals surface area contributed by atoms with Crippen LogP contribution < -0.4 is 0 Å². The van der Waals surface area contributed by atoms with E-state index >= 15 is 0 Å². The second-order valence-corrected chi connectivity index (χ2v) is 4.98. The van der Waals surface area contributed by atoms with E-state index in [1.165, 1.54) is 32.1 Å². The fourth-order valence-corrected chi connectivity index (χ4v) is 2.13. The first-order valence-corrected chi connectivity index (χ1v) is 6.29. The van der Waals surface area contributed by atoms with Gasteiger partial charge in [0.1, 0.15) is 0 Å². The second-order valence-electron chi connectivity index (χ2n) is 4.98. The highest BCUT2D eigenvalue weighted by Gasteiger charge is 2.14. The second kappa shape index (κ2) is 6.88. The SMILES string of the molecule is CC(C#CC1CCCC(C)CC1)CCF. The molecule has 0 spiro atoms. The lowest BCUT2D eigenvalue weighted by Crippen LogP contribution is -1.97. The summed E-state index contributed by atoms with van der Waals surface area (Å²) in [5.74, 6) is 8.24. The van der Waals surface area contributed by atoms with Crippen molar-refractivity contribution in [2.75, 3.05) is 6.67 Å². The van der Waals surface area contributed by atoms with Crippen LogP contribution in [0.5, 0.6) is 0 Å². The molecule has 1 rings (SSSR count). The Morgan fingerprint density at radius 2 is 2.07 bits per heavy atom. The third-order valence-electron chi connectivity index (χ3n) is 3.33. The van der Waals surface area contributed by atoms with Crippen LogP contribution in [-0.2, 0) is 0 Å². The van der Waals surface area contributed by atoms with Gasteiger partial charge in [-0.05, 0) is 31.6 Å². The predicted molar refractivity (Wildman–Crippen MR) is 63.3 cm³/mol. The summed E-state index contributed by atoms with van der Waals surface area (Å²) in [6.45, 7) is 4.12. The fraction of sp³-hybridized carbons (Fsp3) is 0.857. The van der Waals surface area contributed by atoms with Crippen LogP contribution in [0.2, 0.25) is 0 Å². The van der Waals surface area contributed by atoms with Crippen molar-refractivity contribution in [2.24, 2.45) is 17.8 Å². The predicted octanol–water partition coefficient (Wildman–Crippen LogP) is 4.20. The summed E-state index contributed by atoms with van der Waals surface area (Å²) in [5, 5.41) is 0. The van der Waals surface area contributed by atoms with Crippen LogP contribution in [0.4, 0.5) is 4.39 Å². The van der Waals surface area contributed by atoms with E-state index in [1.807, 2.05) is 6.92 Å². The first kappa shape index (κ1) is 12.6. The molecule has 0 N–H and O–H groups in total. The van der Waals surface area contributed by atoms with E-state index in [-0.39, 0.29) is 12.6 Å². The first-order chi connectivity index (χ1) is 7.22. The monoisotopic (exact) mass is 210 g/mol. The quantitative estimate of drug-likeness (QED) is 0.473. The van der Waals surface area contributed by atoms with Crippen LogP contribution in [0.15, 0.2) is 0 Å². The number of hydrogen-bond acceptors (Lipinski definition) is 0. The zero-order valence-corrected chi connectivity index (χ0v) is 10.1. The Hall–Kier alpha value is -0.510. The van der Waals surface area contributed by atoms with Gasteiger partial charge >= 0.3 is 0 Å². The average molecular weight is 210 g/mol. The molecule has 86 valence electrons. The maximum atomic E-state index is 12.1. The van der Waals surface area contributed by atoms with Crippen LogP contribution >= 0.6 is 0 Å². The molecule has 1 aliphatic carbocycles. The highest BCUT2D eigenvalue weighted by atomic mass is 19.1. The smallest absolute Gasteiger partial charge is 0.0906 e. The first-order valence-electron chi connectivity index (χ1n) is 6.29. The molecule has 1 aliphatic rings. The minimum absolute atomic E-state index is 0.232. The summed E-state index contributed by atoms with van der Waals surface area (Å²) >= 11 is 0. The van der Waals surface area contributed by atoms with Gasteiger partial charge in [0.2, 0.25) is 0 Å². The van der Waals surface area contributed by atoms with Gasteiger partial charge in [-0.2, -0.15) is 0 Å². The Labute approximate surface area is 93.6 Å². The Balaban J connectivity index is 2.36. The number of halogens is 1. The highest BCUT2D eigenvalue weighted by molar-refractivity contribution is 5.06. The van der Waals surface area contributed by atoms with Crippen molar-refractivity contribution in [2.45, 2.75) is 52.4 Å². The Bertz CT molecular complexity index is 223. The molecule has 0 bridgehead atoms. The summed E-state index contributed by atoms with van der Waals surface area (Å²) in [6.07, 6.45) is 7.08. The van der Waals surface area contributed by atoms with Gasteiger partial charge in [-0.3, -0.25) is 4.39 Å². The molecule has 3 unspecified atom stereocenters. The summed E-state index contributed by atoms with van der Waals surface area (Å²) in [6, 6.07) is 0. The Kier molecular flexibility index (Phi) is 5.76. The molecule has 15 heavy (non-hydrogen) atoms. The normalized spacial score (nSPS) is 28.7. The maximum absolute atomic E-state index is 12.1. The summed E-state index contributed by atoms with van der Waals surface area (Å²) in [4.78, 5) is 0. The molecule has 1 fully saturated rings. The molecule has 0 aliphatic heterocycles. The molecule has 0 radical (unpaired) electrons. The van der Waals surface area contributed by atoms with Crippen molar-refractivity contribution < 1.29 is 4.39 Å². The molecular weight excluding hydrogens is 187 g/mol. The summed E-state index contributed by atoms with van der Waals surface area (Å²) in [5.41, 5.74) is 0. The maximum Gasteiger partial charge on any atom is 0.0906 e. The zero-order valence-electron chi connectivity index (χ0n) is 10.1. The molecule has 0 aromatic carbocycles. The molecular formula is C14H23F. The van der Waals surface area contributed by atoms with E-state index in [0.717, 1.165) is 5.92 Å². The van der Waals surface area contributed by atoms with Crippen LogP contribution in [0.25, 0.3) is 0 Å². The standard InChI is InChI=1S/C14H23F/c1-12-4-3-5-14(8-6-12)9-7-13(2)10-11-15/h12-14H,3-6,8,10-11H2,1-2H3. The molecule has 0 aromatic rings. The molecule has 0 amide bonds. The number of alkyl halides is 1. The van der Waals surface area contributed by atoms with Gasteiger partial charge in [-0.1, -0.05) is 38.5 Å². The van der Waals surface area contributed by atoms with E-state index in [9.17, 15) is 4.39 Å². The lowest BCUT2D eigenvalue weighted by molar-refractivity contribution is 0.442. The average Bonchev–Trinajstić information content (AvgIpc) is 2.41. The van der Waals surface area contributed by atoms with Crippen molar-refractivity contribution in [1.82, 2.24) is 0 Å². The lowest BCUT2D eigenvalue weighted by atomic mass is 9.98. The van der Waals surface area contributed by atoms with Crippen LogP contribution in [0.3, 0.4) is 0 Å². The molecule has 1 saturated carbocycles.